The summed E-state index contributed by atoms with van der Waals surface area (Å²) in [5.74, 6) is 0.814. The van der Waals surface area contributed by atoms with Crippen molar-refractivity contribution in [1.29, 1.82) is 0 Å². The van der Waals surface area contributed by atoms with E-state index in [9.17, 15) is 4.79 Å². The molecule has 0 unspecified atom stereocenters. The van der Waals surface area contributed by atoms with Gasteiger partial charge in [0.2, 0.25) is 11.7 Å². The fraction of sp³-hybridized carbons (Fsp3) is 0.556. The largest absolute Gasteiger partial charge is 0.461 e. The highest BCUT2D eigenvalue weighted by Gasteiger charge is 2.51. The van der Waals surface area contributed by atoms with Crippen molar-refractivity contribution < 1.29 is 14.1 Å². The Kier molecular flexibility index (Phi) is 4.29. The van der Waals surface area contributed by atoms with Gasteiger partial charge in [0.25, 0.3) is 0 Å². The van der Waals surface area contributed by atoms with Crippen molar-refractivity contribution in [2.24, 2.45) is 0 Å². The average molecular weight is 453 g/mol. The zero-order chi connectivity index (χ0) is 17.5. The van der Waals surface area contributed by atoms with Crippen LogP contribution in [0.1, 0.15) is 61.8 Å². The number of ether oxygens (including phenoxy) is 1. The molecule has 0 atom stereocenters. The lowest BCUT2D eigenvalue weighted by Gasteiger charge is -2.48. The first-order valence-electron chi connectivity index (χ1n) is 8.70. The van der Waals surface area contributed by atoms with Gasteiger partial charge in [-0.15, -0.1) is 0 Å². The number of halogens is 1. The average Bonchev–Trinajstić information content (AvgIpc) is 3.14. The van der Waals surface area contributed by atoms with Crippen LogP contribution < -0.4 is 0 Å². The molecule has 2 aromatic heterocycles. The number of esters is 1. The summed E-state index contributed by atoms with van der Waals surface area (Å²) in [6, 6.07) is 3.44. The standard InChI is InChI=1S/C18H20IN3O3/c1-2-24-15(23)13-11-12(3-10-20-13)14-21-16(25-22-14)17-4-7-18(19,8-5-17)9-6-17/h3,10-11H,2,4-9H2,1H3. The Balaban J connectivity index is 1.60. The highest BCUT2D eigenvalue weighted by atomic mass is 127. The number of carbonyl (C=O) groups is 1. The minimum Gasteiger partial charge on any atom is -0.461 e. The second kappa shape index (κ2) is 6.34. The van der Waals surface area contributed by atoms with Crippen molar-refractivity contribution in [3.63, 3.8) is 0 Å². The summed E-state index contributed by atoms with van der Waals surface area (Å²) in [7, 11) is 0. The van der Waals surface area contributed by atoms with Crippen LogP contribution in [-0.4, -0.2) is 31.1 Å². The van der Waals surface area contributed by atoms with Crippen molar-refractivity contribution >= 4 is 28.6 Å². The molecule has 0 N–H and O–H groups in total. The quantitative estimate of drug-likeness (QED) is 0.394. The van der Waals surface area contributed by atoms with Gasteiger partial charge in [0.05, 0.1) is 6.61 Å². The van der Waals surface area contributed by atoms with Gasteiger partial charge in [-0.1, -0.05) is 27.7 Å². The highest BCUT2D eigenvalue weighted by Crippen LogP contribution is 2.56. The summed E-state index contributed by atoms with van der Waals surface area (Å²) in [4.78, 5) is 20.6. The van der Waals surface area contributed by atoms with Gasteiger partial charge in [-0.2, -0.15) is 4.98 Å². The molecule has 5 rings (SSSR count). The number of carbonyl (C=O) groups excluding carboxylic acids is 1. The maximum Gasteiger partial charge on any atom is 0.356 e. The molecule has 25 heavy (non-hydrogen) atoms. The molecule has 132 valence electrons. The Bertz CT molecular complexity index is 780. The molecule has 6 nitrogen and oxygen atoms in total. The number of hydrogen-bond acceptors (Lipinski definition) is 6. The molecule has 0 aromatic carbocycles. The topological polar surface area (TPSA) is 78.1 Å². The first-order valence-corrected chi connectivity index (χ1v) is 9.78. The fourth-order valence-electron chi connectivity index (χ4n) is 3.90. The normalized spacial score (nSPS) is 28.1. The van der Waals surface area contributed by atoms with Crippen LogP contribution >= 0.6 is 22.6 Å². The van der Waals surface area contributed by atoms with E-state index in [1.807, 2.05) is 0 Å². The summed E-state index contributed by atoms with van der Waals surface area (Å²) in [5, 5.41) is 4.17. The lowest BCUT2D eigenvalue weighted by molar-refractivity contribution is 0.0519. The van der Waals surface area contributed by atoms with E-state index < -0.39 is 5.97 Å². The number of nitrogens with zero attached hydrogens (tertiary/aromatic N) is 3. The molecule has 0 saturated heterocycles. The molecule has 3 saturated carbocycles. The first-order chi connectivity index (χ1) is 12.0. The third-order valence-corrected chi connectivity index (χ3v) is 7.16. The predicted molar refractivity (Wildman–Crippen MR) is 99.6 cm³/mol. The van der Waals surface area contributed by atoms with E-state index in [4.69, 9.17) is 9.26 Å². The minimum absolute atomic E-state index is 0.0369. The van der Waals surface area contributed by atoms with Gasteiger partial charge in [-0.05, 0) is 57.6 Å². The van der Waals surface area contributed by atoms with Crippen LogP contribution in [0.25, 0.3) is 11.4 Å². The van der Waals surface area contributed by atoms with Crippen LogP contribution in [0.5, 0.6) is 0 Å². The molecule has 0 spiro atoms. The predicted octanol–water partition coefficient (Wildman–Crippen LogP) is 4.09. The van der Waals surface area contributed by atoms with Gasteiger partial charge in [0, 0.05) is 20.6 Å². The molecule has 2 heterocycles. The van der Waals surface area contributed by atoms with Gasteiger partial charge >= 0.3 is 5.97 Å². The van der Waals surface area contributed by atoms with E-state index in [0.717, 1.165) is 30.7 Å². The second-order valence-corrected chi connectivity index (χ2v) is 9.29. The lowest BCUT2D eigenvalue weighted by Crippen LogP contribution is -2.44. The molecule has 3 fully saturated rings. The van der Waals surface area contributed by atoms with E-state index in [-0.39, 0.29) is 11.1 Å². The Morgan fingerprint density at radius 2 is 2.00 bits per heavy atom. The van der Waals surface area contributed by atoms with Crippen LogP contribution in [0.3, 0.4) is 0 Å². The van der Waals surface area contributed by atoms with Crippen molar-refractivity contribution in [3.8, 4) is 11.4 Å². The molecular weight excluding hydrogens is 433 g/mol. The third-order valence-electron chi connectivity index (χ3n) is 5.54. The highest BCUT2D eigenvalue weighted by molar-refractivity contribution is 14.1. The Morgan fingerprint density at radius 3 is 2.68 bits per heavy atom. The molecule has 0 radical (unpaired) electrons. The van der Waals surface area contributed by atoms with Crippen LogP contribution in [-0.2, 0) is 10.2 Å². The second-order valence-electron chi connectivity index (χ2n) is 7.00. The zero-order valence-electron chi connectivity index (χ0n) is 14.1. The SMILES string of the molecule is CCOC(=O)c1cc(-c2noc(C34CCC(I)(CC3)CC4)n2)ccn1. The van der Waals surface area contributed by atoms with Crippen LogP contribution in [0.15, 0.2) is 22.9 Å². The number of aromatic nitrogens is 3. The molecule has 3 aliphatic carbocycles. The molecule has 0 aliphatic heterocycles. The maximum absolute atomic E-state index is 11.9. The summed E-state index contributed by atoms with van der Waals surface area (Å²) in [6.45, 7) is 2.09. The molecule has 7 heteroatoms. The van der Waals surface area contributed by atoms with Gasteiger partial charge in [-0.3, -0.25) is 0 Å². The molecule has 2 aromatic rings. The molecule has 2 bridgehead atoms. The summed E-state index contributed by atoms with van der Waals surface area (Å²) >= 11 is 2.63. The number of alkyl halides is 1. The van der Waals surface area contributed by atoms with Gasteiger partial charge < -0.3 is 9.26 Å². The van der Waals surface area contributed by atoms with Crippen LogP contribution in [0.4, 0.5) is 0 Å². The fourth-order valence-corrected chi connectivity index (χ4v) is 4.71. The maximum atomic E-state index is 11.9. The van der Waals surface area contributed by atoms with Gasteiger partial charge in [0.15, 0.2) is 0 Å². The number of hydrogen-bond donors (Lipinski definition) is 0. The lowest BCUT2D eigenvalue weighted by atomic mass is 9.60. The van der Waals surface area contributed by atoms with Crippen molar-refractivity contribution in [2.75, 3.05) is 6.61 Å². The smallest absolute Gasteiger partial charge is 0.356 e. The molecule has 3 aliphatic rings. The van der Waals surface area contributed by atoms with E-state index in [0.29, 0.717) is 15.9 Å². The Labute approximate surface area is 159 Å². The van der Waals surface area contributed by atoms with Crippen molar-refractivity contribution in [1.82, 2.24) is 15.1 Å². The minimum atomic E-state index is -0.440. The monoisotopic (exact) mass is 453 g/mol. The van der Waals surface area contributed by atoms with E-state index in [1.165, 1.54) is 19.3 Å². The number of pyridine rings is 1. The van der Waals surface area contributed by atoms with E-state index in [1.54, 1.807) is 25.3 Å². The third kappa shape index (κ3) is 3.07. The van der Waals surface area contributed by atoms with Gasteiger partial charge in [0.1, 0.15) is 5.69 Å². The number of rotatable bonds is 4. The number of fused-ring (bicyclic) bond motifs is 3. The first kappa shape index (κ1) is 16.9. The van der Waals surface area contributed by atoms with E-state index in [2.05, 4.69) is 37.7 Å². The molecule has 0 amide bonds. The van der Waals surface area contributed by atoms with Crippen molar-refractivity contribution in [2.45, 2.75) is 54.3 Å². The van der Waals surface area contributed by atoms with Crippen LogP contribution in [0, 0.1) is 0 Å². The van der Waals surface area contributed by atoms with E-state index >= 15 is 0 Å². The zero-order valence-corrected chi connectivity index (χ0v) is 16.3. The Hall–Kier alpha value is -1.51. The van der Waals surface area contributed by atoms with Crippen LogP contribution in [0.2, 0.25) is 0 Å². The molecular formula is C18H20IN3O3. The summed E-state index contributed by atoms with van der Waals surface area (Å²) < 4.78 is 11.1. The summed E-state index contributed by atoms with van der Waals surface area (Å²) in [5.41, 5.74) is 1.02. The van der Waals surface area contributed by atoms with Gasteiger partial charge in [-0.25, -0.2) is 9.78 Å². The Morgan fingerprint density at radius 1 is 1.28 bits per heavy atom. The van der Waals surface area contributed by atoms with Crippen molar-refractivity contribution in [3.05, 3.63) is 29.9 Å². The summed E-state index contributed by atoms with van der Waals surface area (Å²) in [6.07, 6.45) is 8.56.